The molecule has 3 nitrogen and oxygen atoms in total. The van der Waals surface area contributed by atoms with E-state index >= 15 is 0 Å². The average molecular weight is 374 g/mol. The fourth-order valence-electron chi connectivity index (χ4n) is 2.91. The largest absolute Gasteiger partial charge is 0.370 e. The number of nitrogens with zero attached hydrogens (tertiary/aromatic N) is 2. The van der Waals surface area contributed by atoms with Crippen molar-refractivity contribution in [1.29, 1.82) is 0 Å². The van der Waals surface area contributed by atoms with Crippen LogP contribution in [-0.4, -0.2) is 16.3 Å². The van der Waals surface area contributed by atoms with Crippen molar-refractivity contribution < 1.29 is 0 Å². The molecule has 0 saturated carbocycles. The predicted molar refractivity (Wildman–Crippen MR) is 96.0 cm³/mol. The van der Waals surface area contributed by atoms with Crippen molar-refractivity contribution >= 4 is 33.1 Å². The molecule has 3 heterocycles. The van der Waals surface area contributed by atoms with Gasteiger partial charge in [-0.3, -0.25) is 0 Å². The van der Waals surface area contributed by atoms with Gasteiger partial charge in [-0.2, -0.15) is 5.10 Å². The Hall–Kier alpha value is -1.59. The second-order valence-corrected chi connectivity index (χ2v) is 7.29. The summed E-state index contributed by atoms with van der Waals surface area (Å²) in [7, 11) is 0. The fourth-order valence-corrected chi connectivity index (χ4v) is 4.03. The van der Waals surface area contributed by atoms with Crippen LogP contribution in [0.3, 0.4) is 0 Å². The van der Waals surface area contributed by atoms with E-state index in [0.29, 0.717) is 0 Å². The summed E-state index contributed by atoms with van der Waals surface area (Å²) >= 11 is 5.31. The van der Waals surface area contributed by atoms with Crippen LogP contribution >= 0.6 is 27.3 Å². The van der Waals surface area contributed by atoms with Gasteiger partial charge in [0.2, 0.25) is 0 Å². The Morgan fingerprint density at radius 2 is 2.14 bits per heavy atom. The van der Waals surface area contributed by atoms with Crippen LogP contribution in [0.25, 0.3) is 16.3 Å². The Labute approximate surface area is 142 Å². The lowest BCUT2D eigenvalue weighted by Crippen LogP contribution is -2.07. The molecule has 1 N–H and O–H groups in total. The van der Waals surface area contributed by atoms with Gasteiger partial charge in [-0.05, 0) is 48.9 Å². The van der Waals surface area contributed by atoms with Gasteiger partial charge >= 0.3 is 0 Å². The summed E-state index contributed by atoms with van der Waals surface area (Å²) in [5.74, 6) is 1.15. The number of thiophene rings is 1. The fraction of sp³-hybridized carbons (Fsp3) is 0.235. The highest BCUT2D eigenvalue weighted by atomic mass is 79.9. The van der Waals surface area contributed by atoms with E-state index in [4.69, 9.17) is 5.10 Å². The Balaban J connectivity index is 1.92. The third kappa shape index (κ3) is 2.48. The molecule has 0 saturated heterocycles. The molecule has 0 amide bonds. The van der Waals surface area contributed by atoms with E-state index in [1.54, 1.807) is 11.3 Å². The zero-order valence-electron chi connectivity index (χ0n) is 12.1. The van der Waals surface area contributed by atoms with Crippen LogP contribution < -0.4 is 5.32 Å². The lowest BCUT2D eigenvalue weighted by atomic mass is 10.1. The van der Waals surface area contributed by atoms with Crippen molar-refractivity contribution in [3.05, 3.63) is 51.8 Å². The molecule has 0 radical (unpaired) electrons. The quantitative estimate of drug-likeness (QED) is 0.676. The highest BCUT2D eigenvalue weighted by Crippen LogP contribution is 2.36. The molecule has 0 aliphatic carbocycles. The molecular weight excluding hydrogens is 358 g/mol. The minimum absolute atomic E-state index is 1.01. The SMILES string of the molecule is Brc1cccc(-n2nc(-c3cccs3)c3c2NCCCC3)c1. The normalized spacial score (nSPS) is 14.2. The minimum Gasteiger partial charge on any atom is -0.370 e. The third-order valence-corrected chi connectivity index (χ3v) is 5.31. The minimum atomic E-state index is 1.01. The maximum Gasteiger partial charge on any atom is 0.133 e. The van der Waals surface area contributed by atoms with Crippen molar-refractivity contribution in [3.63, 3.8) is 0 Å². The lowest BCUT2D eigenvalue weighted by molar-refractivity contribution is 0.780. The molecule has 4 rings (SSSR count). The van der Waals surface area contributed by atoms with Crippen LogP contribution in [0.2, 0.25) is 0 Å². The molecule has 5 heteroatoms. The summed E-state index contributed by atoms with van der Waals surface area (Å²) in [5, 5.41) is 10.6. The number of fused-ring (bicyclic) bond motifs is 1. The highest BCUT2D eigenvalue weighted by Gasteiger charge is 2.22. The van der Waals surface area contributed by atoms with E-state index < -0.39 is 0 Å². The van der Waals surface area contributed by atoms with Crippen LogP contribution in [-0.2, 0) is 6.42 Å². The summed E-state index contributed by atoms with van der Waals surface area (Å²) in [6, 6.07) is 12.5. The molecular formula is C17H16BrN3S. The van der Waals surface area contributed by atoms with Crippen LogP contribution in [0, 0.1) is 0 Å². The second-order valence-electron chi connectivity index (χ2n) is 5.43. The zero-order chi connectivity index (χ0) is 14.9. The molecule has 1 aliphatic rings. The molecule has 0 spiro atoms. The number of nitrogens with one attached hydrogen (secondary N) is 1. The Morgan fingerprint density at radius 1 is 1.18 bits per heavy atom. The number of halogens is 1. The first kappa shape index (κ1) is 14.0. The van der Waals surface area contributed by atoms with Gasteiger partial charge in [0.1, 0.15) is 11.5 Å². The van der Waals surface area contributed by atoms with Crippen molar-refractivity contribution in [1.82, 2.24) is 9.78 Å². The summed E-state index contributed by atoms with van der Waals surface area (Å²) < 4.78 is 3.13. The number of benzene rings is 1. The summed E-state index contributed by atoms with van der Waals surface area (Å²) in [6.07, 6.45) is 3.50. The van der Waals surface area contributed by atoms with Crippen molar-refractivity contribution in [2.24, 2.45) is 0 Å². The predicted octanol–water partition coefficient (Wildman–Crippen LogP) is 5.11. The van der Waals surface area contributed by atoms with E-state index in [0.717, 1.165) is 34.6 Å². The van der Waals surface area contributed by atoms with Gasteiger partial charge in [0.15, 0.2) is 0 Å². The van der Waals surface area contributed by atoms with Gasteiger partial charge < -0.3 is 5.32 Å². The first-order valence-electron chi connectivity index (χ1n) is 7.48. The molecule has 0 atom stereocenters. The van der Waals surface area contributed by atoms with E-state index in [-0.39, 0.29) is 0 Å². The molecule has 0 fully saturated rings. The number of aromatic nitrogens is 2. The van der Waals surface area contributed by atoms with E-state index in [9.17, 15) is 0 Å². The highest BCUT2D eigenvalue weighted by molar-refractivity contribution is 9.10. The second kappa shape index (κ2) is 5.89. The number of hydrogen-bond donors (Lipinski definition) is 1. The molecule has 0 bridgehead atoms. The summed E-state index contributed by atoms with van der Waals surface area (Å²) in [6.45, 7) is 1.01. The molecule has 0 unspecified atom stereocenters. The first-order valence-corrected chi connectivity index (χ1v) is 9.16. The standard InChI is InChI=1S/C17H16BrN3S/c18-12-5-3-6-13(11-12)21-17-14(7-1-2-9-19-17)16(20-21)15-8-4-10-22-15/h3-6,8,10-11,19H,1-2,7,9H2. The van der Waals surface area contributed by atoms with Gasteiger partial charge in [0, 0.05) is 16.6 Å². The maximum atomic E-state index is 4.93. The van der Waals surface area contributed by atoms with Crippen molar-refractivity contribution in [2.45, 2.75) is 19.3 Å². The average Bonchev–Trinajstić information content (AvgIpc) is 3.09. The van der Waals surface area contributed by atoms with Crippen molar-refractivity contribution in [2.75, 3.05) is 11.9 Å². The van der Waals surface area contributed by atoms with Gasteiger partial charge in [-0.1, -0.05) is 28.1 Å². The third-order valence-electron chi connectivity index (χ3n) is 3.94. The van der Waals surface area contributed by atoms with Crippen LogP contribution in [0.15, 0.2) is 46.3 Å². The summed E-state index contributed by atoms with van der Waals surface area (Å²) in [5.41, 5.74) is 3.56. The number of anilines is 1. The van der Waals surface area contributed by atoms with Crippen LogP contribution in [0.1, 0.15) is 18.4 Å². The molecule has 22 heavy (non-hydrogen) atoms. The lowest BCUT2D eigenvalue weighted by Gasteiger charge is -2.09. The number of hydrogen-bond acceptors (Lipinski definition) is 3. The molecule has 3 aromatic rings. The molecule has 2 aromatic heterocycles. The van der Waals surface area contributed by atoms with Crippen LogP contribution in [0.5, 0.6) is 0 Å². The first-order chi connectivity index (χ1) is 10.8. The molecule has 1 aromatic carbocycles. The number of rotatable bonds is 2. The van der Waals surface area contributed by atoms with E-state index in [2.05, 4.69) is 61.6 Å². The monoisotopic (exact) mass is 373 g/mol. The van der Waals surface area contributed by atoms with Gasteiger partial charge in [0.25, 0.3) is 0 Å². The van der Waals surface area contributed by atoms with E-state index in [1.807, 2.05) is 6.07 Å². The van der Waals surface area contributed by atoms with Gasteiger partial charge in [0.05, 0.1) is 10.6 Å². The smallest absolute Gasteiger partial charge is 0.133 e. The topological polar surface area (TPSA) is 29.9 Å². The van der Waals surface area contributed by atoms with Crippen LogP contribution in [0.4, 0.5) is 5.82 Å². The van der Waals surface area contributed by atoms with E-state index in [1.165, 1.54) is 23.3 Å². The van der Waals surface area contributed by atoms with Gasteiger partial charge in [-0.15, -0.1) is 11.3 Å². The Bertz CT molecular complexity index is 792. The van der Waals surface area contributed by atoms with Crippen molar-refractivity contribution in [3.8, 4) is 16.3 Å². The summed E-state index contributed by atoms with van der Waals surface area (Å²) in [4.78, 5) is 1.24. The zero-order valence-corrected chi connectivity index (χ0v) is 14.5. The molecule has 1 aliphatic heterocycles. The Kier molecular flexibility index (Phi) is 3.76. The van der Waals surface area contributed by atoms with Gasteiger partial charge in [-0.25, -0.2) is 4.68 Å². The Morgan fingerprint density at radius 3 is 2.95 bits per heavy atom. The molecule has 112 valence electrons. The maximum absolute atomic E-state index is 4.93.